The monoisotopic (exact) mass is 234 g/mol. The van der Waals surface area contributed by atoms with Crippen LogP contribution in [0.5, 0.6) is 0 Å². The van der Waals surface area contributed by atoms with Crippen LogP contribution < -0.4 is 5.32 Å². The lowest BCUT2D eigenvalue weighted by molar-refractivity contribution is 0.393. The Morgan fingerprint density at radius 1 is 1.53 bits per heavy atom. The Morgan fingerprint density at radius 2 is 2.41 bits per heavy atom. The minimum absolute atomic E-state index is 0.00949. The molecule has 0 spiro atoms. The van der Waals surface area contributed by atoms with Crippen molar-refractivity contribution in [2.45, 2.75) is 25.8 Å². The van der Waals surface area contributed by atoms with Crippen molar-refractivity contribution in [2.24, 2.45) is 5.92 Å². The largest absolute Gasteiger partial charge is 0.347 e. The van der Waals surface area contributed by atoms with Gasteiger partial charge in [-0.3, -0.25) is 4.39 Å². The first-order valence-electron chi connectivity index (χ1n) is 6.49. The van der Waals surface area contributed by atoms with Crippen molar-refractivity contribution in [1.29, 1.82) is 0 Å². The van der Waals surface area contributed by atoms with Gasteiger partial charge in [0.1, 0.15) is 0 Å². The molecule has 2 nitrogen and oxygen atoms in total. The third kappa shape index (κ3) is 1.73. The molecule has 92 valence electrons. The SMILES string of the molecule is CC1NCCN2C=CC(CF)C3=C2C1=CCC3. The molecular formula is C14H19FN2. The molecule has 0 bridgehead atoms. The Morgan fingerprint density at radius 3 is 3.24 bits per heavy atom. The summed E-state index contributed by atoms with van der Waals surface area (Å²) in [5.41, 5.74) is 3.98. The lowest BCUT2D eigenvalue weighted by Gasteiger charge is -2.35. The van der Waals surface area contributed by atoms with E-state index in [-0.39, 0.29) is 12.6 Å². The Kier molecular flexibility index (Phi) is 2.79. The van der Waals surface area contributed by atoms with E-state index in [2.05, 4.69) is 29.4 Å². The number of nitrogens with zero attached hydrogens (tertiary/aromatic N) is 1. The van der Waals surface area contributed by atoms with Gasteiger partial charge in [-0.25, -0.2) is 0 Å². The molecule has 2 aliphatic heterocycles. The van der Waals surface area contributed by atoms with E-state index in [4.69, 9.17) is 0 Å². The Hall–Kier alpha value is -1.09. The predicted molar refractivity (Wildman–Crippen MR) is 67.1 cm³/mol. The minimum Gasteiger partial charge on any atom is -0.347 e. The molecule has 3 aliphatic rings. The Balaban J connectivity index is 2.07. The second kappa shape index (κ2) is 4.30. The fraction of sp³-hybridized carbons (Fsp3) is 0.571. The second-order valence-corrected chi connectivity index (χ2v) is 5.04. The summed E-state index contributed by atoms with van der Waals surface area (Å²) >= 11 is 0. The average molecular weight is 234 g/mol. The van der Waals surface area contributed by atoms with Crippen molar-refractivity contribution in [3.05, 3.63) is 35.2 Å². The zero-order valence-electron chi connectivity index (χ0n) is 10.2. The summed E-state index contributed by atoms with van der Waals surface area (Å²) < 4.78 is 13.1. The van der Waals surface area contributed by atoms with E-state index >= 15 is 0 Å². The number of rotatable bonds is 1. The zero-order chi connectivity index (χ0) is 11.8. The van der Waals surface area contributed by atoms with Crippen molar-refractivity contribution in [1.82, 2.24) is 10.2 Å². The maximum atomic E-state index is 13.1. The van der Waals surface area contributed by atoms with E-state index in [1.54, 1.807) is 0 Å². The molecule has 2 heterocycles. The highest BCUT2D eigenvalue weighted by Crippen LogP contribution is 2.38. The van der Waals surface area contributed by atoms with Crippen molar-refractivity contribution in [3.8, 4) is 0 Å². The van der Waals surface area contributed by atoms with Crippen LogP contribution >= 0.6 is 0 Å². The number of halogens is 1. The lowest BCUT2D eigenvalue weighted by atomic mass is 9.83. The van der Waals surface area contributed by atoms with Crippen LogP contribution in [0.1, 0.15) is 19.8 Å². The molecule has 1 aliphatic carbocycles. The molecule has 0 amide bonds. The number of allylic oxidation sites excluding steroid dienone is 3. The summed E-state index contributed by atoms with van der Waals surface area (Å²) in [5.74, 6) is 0.00949. The van der Waals surface area contributed by atoms with Gasteiger partial charge in [-0.15, -0.1) is 0 Å². The van der Waals surface area contributed by atoms with Gasteiger partial charge in [0.25, 0.3) is 0 Å². The first kappa shape index (κ1) is 11.0. The molecule has 3 heteroatoms. The van der Waals surface area contributed by atoms with Crippen LogP contribution in [0.15, 0.2) is 35.2 Å². The summed E-state index contributed by atoms with van der Waals surface area (Å²) in [4.78, 5) is 2.29. The number of nitrogens with one attached hydrogen (secondary N) is 1. The van der Waals surface area contributed by atoms with Crippen LogP contribution in [-0.2, 0) is 0 Å². The summed E-state index contributed by atoms with van der Waals surface area (Å²) in [7, 11) is 0. The molecule has 0 aromatic heterocycles. The van der Waals surface area contributed by atoms with Crippen molar-refractivity contribution in [2.75, 3.05) is 19.8 Å². The third-order valence-corrected chi connectivity index (χ3v) is 4.02. The normalized spacial score (nSPS) is 32.1. The van der Waals surface area contributed by atoms with Gasteiger partial charge in [0, 0.05) is 36.9 Å². The lowest BCUT2D eigenvalue weighted by Crippen LogP contribution is -2.29. The van der Waals surface area contributed by atoms with E-state index in [9.17, 15) is 4.39 Å². The molecule has 0 aromatic rings. The maximum Gasteiger partial charge on any atom is 0.0995 e. The van der Waals surface area contributed by atoms with E-state index < -0.39 is 0 Å². The van der Waals surface area contributed by atoms with Gasteiger partial charge >= 0.3 is 0 Å². The maximum absolute atomic E-state index is 13.1. The molecular weight excluding hydrogens is 215 g/mol. The van der Waals surface area contributed by atoms with E-state index in [0.29, 0.717) is 6.04 Å². The highest BCUT2D eigenvalue weighted by Gasteiger charge is 2.31. The predicted octanol–water partition coefficient (Wildman–Crippen LogP) is 2.37. The second-order valence-electron chi connectivity index (χ2n) is 5.04. The quantitative estimate of drug-likeness (QED) is 0.749. The van der Waals surface area contributed by atoms with Crippen molar-refractivity contribution >= 4 is 0 Å². The van der Waals surface area contributed by atoms with Gasteiger partial charge in [0.2, 0.25) is 0 Å². The van der Waals surface area contributed by atoms with Crippen LogP contribution in [0.3, 0.4) is 0 Å². The summed E-state index contributed by atoms with van der Waals surface area (Å²) in [6.07, 6.45) is 8.49. The number of hydrogen-bond donors (Lipinski definition) is 1. The summed E-state index contributed by atoms with van der Waals surface area (Å²) in [5, 5.41) is 3.52. The van der Waals surface area contributed by atoms with Gasteiger partial charge in [-0.05, 0) is 30.9 Å². The average Bonchev–Trinajstić information content (AvgIpc) is 2.52. The summed E-state index contributed by atoms with van der Waals surface area (Å²) in [6, 6.07) is 0.386. The molecule has 1 N–H and O–H groups in total. The fourth-order valence-corrected chi connectivity index (χ4v) is 3.12. The highest BCUT2D eigenvalue weighted by molar-refractivity contribution is 5.46. The topological polar surface area (TPSA) is 15.3 Å². The molecule has 0 saturated carbocycles. The molecule has 0 radical (unpaired) electrons. The molecule has 1 saturated heterocycles. The third-order valence-electron chi connectivity index (χ3n) is 4.02. The zero-order valence-corrected chi connectivity index (χ0v) is 10.2. The van der Waals surface area contributed by atoms with Crippen LogP contribution in [0.4, 0.5) is 4.39 Å². The molecule has 2 unspecified atom stereocenters. The number of alkyl halides is 1. The Labute approximate surface area is 102 Å². The van der Waals surface area contributed by atoms with Crippen LogP contribution in [0.25, 0.3) is 0 Å². The molecule has 2 atom stereocenters. The molecule has 1 fully saturated rings. The molecule has 0 aromatic carbocycles. The summed E-state index contributed by atoms with van der Waals surface area (Å²) in [6.45, 7) is 3.91. The first-order valence-corrected chi connectivity index (χ1v) is 6.49. The van der Waals surface area contributed by atoms with Gasteiger partial charge in [0.05, 0.1) is 6.67 Å². The molecule has 3 rings (SSSR count). The van der Waals surface area contributed by atoms with Gasteiger partial charge in [-0.1, -0.05) is 12.2 Å². The van der Waals surface area contributed by atoms with E-state index in [1.807, 2.05) is 6.08 Å². The van der Waals surface area contributed by atoms with Crippen LogP contribution in [0.2, 0.25) is 0 Å². The first-order chi connectivity index (χ1) is 8.31. The number of hydrogen-bond acceptors (Lipinski definition) is 2. The van der Waals surface area contributed by atoms with Gasteiger partial charge < -0.3 is 10.2 Å². The van der Waals surface area contributed by atoms with Crippen LogP contribution in [0, 0.1) is 5.92 Å². The molecule has 17 heavy (non-hydrogen) atoms. The smallest absolute Gasteiger partial charge is 0.0995 e. The van der Waals surface area contributed by atoms with Gasteiger partial charge in [0.15, 0.2) is 0 Å². The van der Waals surface area contributed by atoms with Crippen molar-refractivity contribution < 1.29 is 4.39 Å². The van der Waals surface area contributed by atoms with E-state index in [1.165, 1.54) is 16.8 Å². The highest BCUT2D eigenvalue weighted by atomic mass is 19.1. The van der Waals surface area contributed by atoms with Gasteiger partial charge in [-0.2, -0.15) is 0 Å². The van der Waals surface area contributed by atoms with Crippen molar-refractivity contribution in [3.63, 3.8) is 0 Å². The fourth-order valence-electron chi connectivity index (χ4n) is 3.12. The Bertz CT molecular complexity index is 408. The minimum atomic E-state index is -0.266. The standard InChI is InChI=1S/C14H19FN2/c1-10-12-3-2-4-13-11(9-15)5-7-17(14(12)13)8-6-16-10/h3,5,7,10-11,16H,2,4,6,8-9H2,1H3. The van der Waals surface area contributed by atoms with E-state index in [0.717, 1.165) is 25.9 Å². The van der Waals surface area contributed by atoms with Crippen LogP contribution in [-0.4, -0.2) is 30.7 Å².